The van der Waals surface area contributed by atoms with Crippen LogP contribution in [-0.4, -0.2) is 41.0 Å². The molecule has 1 aliphatic heterocycles. The Bertz CT molecular complexity index is 1080. The van der Waals surface area contributed by atoms with Gasteiger partial charge >= 0.3 is 5.69 Å². The van der Waals surface area contributed by atoms with Gasteiger partial charge < -0.3 is 21.3 Å². The molecule has 0 aromatic carbocycles. The molecule has 1 aliphatic carbocycles. The quantitative estimate of drug-likeness (QED) is 0.558. The van der Waals surface area contributed by atoms with Crippen LogP contribution in [0.4, 0.5) is 10.1 Å². The lowest BCUT2D eigenvalue weighted by atomic mass is 10.1. The van der Waals surface area contributed by atoms with Gasteiger partial charge in [-0.2, -0.15) is 4.68 Å². The maximum atomic E-state index is 15.0. The lowest BCUT2D eigenvalue weighted by Crippen LogP contribution is -2.44. The molecule has 0 spiro atoms. The molecule has 9 nitrogen and oxygen atoms in total. The molecule has 0 radical (unpaired) electrons. The Balaban J connectivity index is 1.98. The van der Waals surface area contributed by atoms with Gasteiger partial charge in [0.1, 0.15) is 7.11 Å². The molecule has 2 aliphatic rings. The molecule has 2 aromatic rings. The maximum absolute atomic E-state index is 15.0. The summed E-state index contributed by atoms with van der Waals surface area (Å²) < 4.78 is 16.7. The fourth-order valence-corrected chi connectivity index (χ4v) is 3.86. The molecule has 2 fully saturated rings. The summed E-state index contributed by atoms with van der Waals surface area (Å²) in [6.45, 7) is 2.36. The molecule has 1 saturated heterocycles. The second-order valence-corrected chi connectivity index (χ2v) is 7.07. The summed E-state index contributed by atoms with van der Waals surface area (Å²) >= 11 is 0. The monoisotopic (exact) mass is 376 g/mol. The van der Waals surface area contributed by atoms with Crippen molar-refractivity contribution in [2.24, 2.45) is 10.9 Å². The lowest BCUT2D eigenvalue weighted by Gasteiger charge is -2.23. The van der Waals surface area contributed by atoms with Crippen LogP contribution in [0, 0.1) is 12.7 Å². The molecular formula is C17H21FN6O3. The fourth-order valence-electron chi connectivity index (χ4n) is 3.86. The van der Waals surface area contributed by atoms with Crippen LogP contribution in [0.25, 0.3) is 5.52 Å². The van der Waals surface area contributed by atoms with Crippen molar-refractivity contribution < 1.29 is 9.23 Å². The molecule has 10 heteroatoms. The van der Waals surface area contributed by atoms with Crippen molar-refractivity contribution in [3.63, 3.8) is 0 Å². The zero-order valence-corrected chi connectivity index (χ0v) is 15.1. The van der Waals surface area contributed by atoms with Gasteiger partial charge in [0.25, 0.3) is 5.56 Å². The number of nitrogens with zero attached hydrogens (tertiary/aromatic N) is 4. The molecule has 2 aromatic heterocycles. The Labute approximate surface area is 153 Å². The SMILES string of the molecule is CO/N=C1\CN(c2c(F)cn3c(=O)n(N)c(=O)c(C4CC4)c3c2C)CC1N. The second-order valence-electron chi connectivity index (χ2n) is 7.07. The Morgan fingerprint density at radius 2 is 2.04 bits per heavy atom. The number of rotatable bonds is 3. The molecule has 1 atom stereocenters. The van der Waals surface area contributed by atoms with Gasteiger partial charge in [-0.15, -0.1) is 0 Å². The van der Waals surface area contributed by atoms with Crippen LogP contribution in [0.2, 0.25) is 0 Å². The van der Waals surface area contributed by atoms with E-state index in [0.29, 0.717) is 45.8 Å². The number of nitrogens with two attached hydrogens (primary N) is 2. The number of aryl methyl sites for hydroxylation is 1. The normalized spacial score (nSPS) is 21.4. The van der Waals surface area contributed by atoms with Crippen LogP contribution in [-0.2, 0) is 4.84 Å². The Morgan fingerprint density at radius 1 is 1.33 bits per heavy atom. The third-order valence-electron chi connectivity index (χ3n) is 5.24. The predicted molar refractivity (Wildman–Crippen MR) is 99.4 cm³/mol. The lowest BCUT2D eigenvalue weighted by molar-refractivity contribution is 0.212. The van der Waals surface area contributed by atoms with E-state index in [4.69, 9.17) is 16.4 Å². The van der Waals surface area contributed by atoms with Crippen molar-refractivity contribution in [2.75, 3.05) is 30.9 Å². The van der Waals surface area contributed by atoms with Crippen molar-refractivity contribution in [1.82, 2.24) is 9.08 Å². The van der Waals surface area contributed by atoms with E-state index in [1.807, 2.05) is 0 Å². The average molecular weight is 376 g/mol. The first-order chi connectivity index (χ1) is 12.8. The molecule has 27 heavy (non-hydrogen) atoms. The Kier molecular flexibility index (Phi) is 3.95. The number of anilines is 1. The fraction of sp³-hybridized carbons (Fsp3) is 0.471. The Morgan fingerprint density at radius 3 is 2.67 bits per heavy atom. The topological polar surface area (TPSA) is 120 Å². The summed E-state index contributed by atoms with van der Waals surface area (Å²) in [6, 6.07) is -0.387. The maximum Gasteiger partial charge on any atom is 0.354 e. The van der Waals surface area contributed by atoms with Crippen molar-refractivity contribution in [2.45, 2.75) is 31.7 Å². The largest absolute Gasteiger partial charge is 0.399 e. The third kappa shape index (κ3) is 2.59. The first kappa shape index (κ1) is 17.5. The molecule has 4 rings (SSSR count). The van der Waals surface area contributed by atoms with Gasteiger partial charge in [-0.25, -0.2) is 9.18 Å². The summed E-state index contributed by atoms with van der Waals surface area (Å²) in [6.07, 6.45) is 2.77. The average Bonchev–Trinajstić information content (AvgIpc) is 3.39. The minimum absolute atomic E-state index is 0.0337. The summed E-state index contributed by atoms with van der Waals surface area (Å²) in [4.78, 5) is 31.6. The number of aromatic nitrogens is 2. The summed E-state index contributed by atoms with van der Waals surface area (Å²) in [5.74, 6) is 5.08. The molecule has 1 unspecified atom stereocenters. The molecule has 0 amide bonds. The van der Waals surface area contributed by atoms with Gasteiger partial charge in [0, 0.05) is 17.7 Å². The van der Waals surface area contributed by atoms with Gasteiger partial charge in [0.2, 0.25) is 0 Å². The zero-order chi connectivity index (χ0) is 19.5. The number of hydrogen-bond donors (Lipinski definition) is 2. The van der Waals surface area contributed by atoms with Gasteiger partial charge in [0.15, 0.2) is 5.82 Å². The van der Waals surface area contributed by atoms with Crippen molar-refractivity contribution >= 4 is 16.9 Å². The van der Waals surface area contributed by atoms with E-state index in [0.717, 1.165) is 23.4 Å². The molecular weight excluding hydrogens is 355 g/mol. The molecule has 3 heterocycles. The van der Waals surface area contributed by atoms with Crippen LogP contribution in [0.1, 0.15) is 29.9 Å². The standard InChI is InChI=1S/C17H21FN6O3/c1-8-14(22-6-11(19)12(7-22)21-27-2)10(18)5-23-15(8)13(9-3-4-9)16(25)24(20)17(23)26/h5,9,11H,3-4,6-7,19-20H2,1-2H3/b21-12+. The van der Waals surface area contributed by atoms with E-state index in [2.05, 4.69) is 5.16 Å². The minimum Gasteiger partial charge on any atom is -0.399 e. The predicted octanol–water partition coefficient (Wildman–Crippen LogP) is -0.350. The van der Waals surface area contributed by atoms with Crippen LogP contribution < -0.4 is 27.7 Å². The van der Waals surface area contributed by atoms with Gasteiger partial charge in [0.05, 0.1) is 35.7 Å². The molecule has 0 bridgehead atoms. The first-order valence-electron chi connectivity index (χ1n) is 8.71. The highest BCUT2D eigenvalue weighted by atomic mass is 19.1. The summed E-state index contributed by atoms with van der Waals surface area (Å²) in [5, 5.41) is 3.90. The van der Waals surface area contributed by atoms with Crippen LogP contribution in [0.5, 0.6) is 0 Å². The number of halogens is 1. The molecule has 1 saturated carbocycles. The van der Waals surface area contributed by atoms with Crippen molar-refractivity contribution in [3.05, 3.63) is 44.0 Å². The van der Waals surface area contributed by atoms with Crippen molar-refractivity contribution in [1.29, 1.82) is 0 Å². The third-order valence-corrected chi connectivity index (χ3v) is 5.24. The van der Waals surface area contributed by atoms with E-state index in [-0.39, 0.29) is 12.0 Å². The van der Waals surface area contributed by atoms with Gasteiger partial charge in [-0.1, -0.05) is 5.16 Å². The van der Waals surface area contributed by atoms with E-state index in [1.165, 1.54) is 7.11 Å². The number of oxime groups is 1. The smallest absolute Gasteiger partial charge is 0.354 e. The van der Waals surface area contributed by atoms with Crippen LogP contribution in [0.3, 0.4) is 0 Å². The summed E-state index contributed by atoms with van der Waals surface area (Å²) in [7, 11) is 1.43. The van der Waals surface area contributed by atoms with Gasteiger partial charge in [-0.3, -0.25) is 9.20 Å². The summed E-state index contributed by atoms with van der Waals surface area (Å²) in [5.41, 5.74) is 7.08. The molecule has 4 N–H and O–H groups in total. The van der Waals surface area contributed by atoms with Crippen molar-refractivity contribution in [3.8, 4) is 0 Å². The van der Waals surface area contributed by atoms with Crippen LogP contribution >= 0.6 is 0 Å². The van der Waals surface area contributed by atoms with Gasteiger partial charge in [-0.05, 0) is 25.7 Å². The minimum atomic E-state index is -0.771. The highest BCUT2D eigenvalue weighted by Gasteiger charge is 2.34. The number of pyridine rings is 1. The number of hydrogen-bond acceptors (Lipinski definition) is 7. The number of fused-ring (bicyclic) bond motifs is 1. The van der Waals surface area contributed by atoms with E-state index in [1.54, 1.807) is 11.8 Å². The van der Waals surface area contributed by atoms with Crippen LogP contribution in [0.15, 0.2) is 20.9 Å². The van der Waals surface area contributed by atoms with E-state index >= 15 is 0 Å². The number of nitrogen functional groups attached to an aromatic ring is 1. The highest BCUT2D eigenvalue weighted by Crippen LogP contribution is 2.42. The zero-order valence-electron chi connectivity index (χ0n) is 15.1. The van der Waals surface area contributed by atoms with E-state index in [9.17, 15) is 14.0 Å². The molecule has 144 valence electrons. The second kappa shape index (κ2) is 6.08. The van der Waals surface area contributed by atoms with E-state index < -0.39 is 17.1 Å². The first-order valence-corrected chi connectivity index (χ1v) is 8.71. The highest BCUT2D eigenvalue weighted by molar-refractivity contribution is 5.97. The Hall–Kier alpha value is -2.88.